The van der Waals surface area contributed by atoms with Gasteiger partial charge in [-0.15, -0.1) is 0 Å². The van der Waals surface area contributed by atoms with E-state index in [1.807, 2.05) is 81.4 Å². The second-order valence-corrected chi connectivity index (χ2v) is 9.34. The van der Waals surface area contributed by atoms with Gasteiger partial charge in [-0.3, -0.25) is 15.1 Å². The molecule has 9 nitrogen and oxygen atoms in total. The normalized spacial score (nSPS) is 12.1. The molecule has 2 N–H and O–H groups in total. The van der Waals surface area contributed by atoms with Crippen LogP contribution in [0.3, 0.4) is 0 Å². The van der Waals surface area contributed by atoms with Gasteiger partial charge in [0.05, 0.1) is 6.54 Å². The number of rotatable bonds is 9. The predicted molar refractivity (Wildman–Crippen MR) is 138 cm³/mol. The number of hydrogen-bond acceptors (Lipinski definition) is 7. The van der Waals surface area contributed by atoms with Gasteiger partial charge in [0.25, 0.3) is 0 Å². The summed E-state index contributed by atoms with van der Waals surface area (Å²) in [6.45, 7) is 6.32. The summed E-state index contributed by atoms with van der Waals surface area (Å²) in [4.78, 5) is 28.1. The lowest BCUT2D eigenvalue weighted by molar-refractivity contribution is 0.0243. The number of benzene rings is 1. The second kappa shape index (κ2) is 11.4. The van der Waals surface area contributed by atoms with Crippen LogP contribution in [0.2, 0.25) is 0 Å². The van der Waals surface area contributed by atoms with E-state index in [0.29, 0.717) is 31.2 Å². The number of anilines is 1. The van der Waals surface area contributed by atoms with Crippen LogP contribution in [0.1, 0.15) is 38.3 Å². The molecule has 4 rings (SSSR count). The van der Waals surface area contributed by atoms with E-state index in [1.165, 1.54) is 0 Å². The average molecular weight is 486 g/mol. The molecule has 1 aromatic carbocycles. The van der Waals surface area contributed by atoms with Crippen molar-refractivity contribution >= 4 is 11.8 Å². The van der Waals surface area contributed by atoms with E-state index < -0.39 is 11.7 Å². The van der Waals surface area contributed by atoms with Gasteiger partial charge in [0.2, 0.25) is 0 Å². The number of H-pyrrole nitrogens is 1. The van der Waals surface area contributed by atoms with Crippen molar-refractivity contribution in [3.63, 3.8) is 0 Å². The van der Waals surface area contributed by atoms with Crippen LogP contribution in [-0.2, 0) is 11.2 Å². The SMILES string of the molecule is CC(C)(C)OC(=O)N(CCc1ccccn1)CC(Nc1ccccc1)c1nc(-c2ccncc2)n[nH]1. The first-order chi connectivity index (χ1) is 17.4. The van der Waals surface area contributed by atoms with E-state index in [0.717, 1.165) is 16.9 Å². The minimum atomic E-state index is -0.622. The molecule has 0 saturated heterocycles. The lowest BCUT2D eigenvalue weighted by Gasteiger charge is -2.30. The van der Waals surface area contributed by atoms with Gasteiger partial charge in [-0.1, -0.05) is 24.3 Å². The van der Waals surface area contributed by atoms with E-state index >= 15 is 0 Å². The molecule has 186 valence electrons. The van der Waals surface area contributed by atoms with Gasteiger partial charge in [0, 0.05) is 48.5 Å². The molecule has 0 bridgehead atoms. The minimum absolute atomic E-state index is 0.307. The van der Waals surface area contributed by atoms with Crippen molar-refractivity contribution in [2.24, 2.45) is 0 Å². The zero-order chi connectivity index (χ0) is 25.4. The monoisotopic (exact) mass is 485 g/mol. The van der Waals surface area contributed by atoms with Crippen molar-refractivity contribution in [1.29, 1.82) is 0 Å². The van der Waals surface area contributed by atoms with E-state index in [1.54, 1.807) is 23.5 Å². The molecular formula is C27H31N7O2. The van der Waals surface area contributed by atoms with Crippen LogP contribution in [0.5, 0.6) is 0 Å². The molecule has 1 amide bonds. The third-order valence-electron chi connectivity index (χ3n) is 5.30. The molecule has 1 atom stereocenters. The Hall–Kier alpha value is -4.27. The molecular weight excluding hydrogens is 454 g/mol. The second-order valence-electron chi connectivity index (χ2n) is 9.34. The molecule has 4 aromatic rings. The Kier molecular flexibility index (Phi) is 7.89. The van der Waals surface area contributed by atoms with Crippen molar-refractivity contribution in [3.05, 3.63) is 90.8 Å². The number of carbonyl (C=O) groups excluding carboxylic acids is 1. The van der Waals surface area contributed by atoms with Crippen LogP contribution in [0, 0.1) is 0 Å². The van der Waals surface area contributed by atoms with Gasteiger partial charge in [0.15, 0.2) is 5.82 Å². The molecule has 3 aromatic heterocycles. The summed E-state index contributed by atoms with van der Waals surface area (Å²) in [5.74, 6) is 1.17. The lowest BCUT2D eigenvalue weighted by atomic mass is 10.2. The highest BCUT2D eigenvalue weighted by Crippen LogP contribution is 2.22. The third-order valence-corrected chi connectivity index (χ3v) is 5.30. The Morgan fingerprint density at radius 2 is 1.78 bits per heavy atom. The van der Waals surface area contributed by atoms with E-state index in [2.05, 4.69) is 25.5 Å². The summed E-state index contributed by atoms with van der Waals surface area (Å²) < 4.78 is 5.74. The number of nitrogens with zero attached hydrogens (tertiary/aromatic N) is 5. The van der Waals surface area contributed by atoms with Gasteiger partial charge >= 0.3 is 6.09 Å². The highest BCUT2D eigenvalue weighted by molar-refractivity contribution is 5.68. The van der Waals surface area contributed by atoms with Crippen molar-refractivity contribution in [2.75, 3.05) is 18.4 Å². The van der Waals surface area contributed by atoms with Gasteiger partial charge in [-0.05, 0) is 57.2 Å². The minimum Gasteiger partial charge on any atom is -0.444 e. The summed E-state index contributed by atoms with van der Waals surface area (Å²) in [6.07, 6.45) is 5.35. The zero-order valence-corrected chi connectivity index (χ0v) is 20.8. The highest BCUT2D eigenvalue weighted by Gasteiger charge is 2.27. The maximum Gasteiger partial charge on any atom is 0.410 e. The number of ether oxygens (including phenoxy) is 1. The quantitative estimate of drug-likeness (QED) is 0.347. The smallest absolute Gasteiger partial charge is 0.410 e. The summed E-state index contributed by atoms with van der Waals surface area (Å²) in [5.41, 5.74) is 2.03. The van der Waals surface area contributed by atoms with Crippen molar-refractivity contribution in [2.45, 2.75) is 38.8 Å². The lowest BCUT2D eigenvalue weighted by Crippen LogP contribution is -2.41. The molecule has 0 fully saturated rings. The van der Waals surface area contributed by atoms with Gasteiger partial charge < -0.3 is 15.0 Å². The Balaban J connectivity index is 1.61. The number of amides is 1. The van der Waals surface area contributed by atoms with Crippen LogP contribution in [0.15, 0.2) is 79.3 Å². The molecule has 0 aliphatic rings. The van der Waals surface area contributed by atoms with Crippen LogP contribution >= 0.6 is 0 Å². The van der Waals surface area contributed by atoms with Crippen LogP contribution < -0.4 is 5.32 Å². The van der Waals surface area contributed by atoms with Crippen LogP contribution in [0.25, 0.3) is 11.4 Å². The molecule has 1 unspecified atom stereocenters. The maximum absolute atomic E-state index is 13.2. The number of aromatic amines is 1. The number of hydrogen-bond donors (Lipinski definition) is 2. The van der Waals surface area contributed by atoms with Crippen molar-refractivity contribution in [3.8, 4) is 11.4 Å². The molecule has 0 aliphatic carbocycles. The summed E-state index contributed by atoms with van der Waals surface area (Å²) in [5, 5.41) is 11.0. The molecule has 0 spiro atoms. The number of aromatic nitrogens is 5. The molecule has 3 heterocycles. The first-order valence-corrected chi connectivity index (χ1v) is 11.9. The highest BCUT2D eigenvalue weighted by atomic mass is 16.6. The van der Waals surface area contributed by atoms with E-state index in [-0.39, 0.29) is 6.04 Å². The molecule has 0 saturated carbocycles. The van der Waals surface area contributed by atoms with E-state index in [9.17, 15) is 4.79 Å². The average Bonchev–Trinajstić information content (AvgIpc) is 3.37. The first kappa shape index (κ1) is 24.8. The van der Waals surface area contributed by atoms with Crippen molar-refractivity contribution < 1.29 is 9.53 Å². The van der Waals surface area contributed by atoms with Gasteiger partial charge in [0.1, 0.15) is 17.5 Å². The fraction of sp³-hybridized carbons (Fsp3) is 0.296. The van der Waals surface area contributed by atoms with Crippen LogP contribution in [-0.4, -0.2) is 54.8 Å². The standard InChI is InChI=1S/C27H31N7O2/c1-27(2,3)36-26(35)34(18-14-21-9-7-8-15-29-21)19-23(30-22-10-5-4-6-11-22)25-31-24(32-33-25)20-12-16-28-17-13-20/h4-13,15-17,23,30H,14,18-19H2,1-3H3,(H,31,32,33). The number of nitrogens with one attached hydrogen (secondary N) is 2. The fourth-order valence-electron chi connectivity index (χ4n) is 3.60. The van der Waals surface area contributed by atoms with Gasteiger partial charge in [-0.25, -0.2) is 9.78 Å². The van der Waals surface area contributed by atoms with Crippen molar-refractivity contribution in [1.82, 2.24) is 30.0 Å². The topological polar surface area (TPSA) is 109 Å². The third kappa shape index (κ3) is 7.11. The summed E-state index contributed by atoms with van der Waals surface area (Å²) in [6, 6.07) is 18.9. The summed E-state index contributed by atoms with van der Waals surface area (Å²) in [7, 11) is 0. The maximum atomic E-state index is 13.2. The Labute approximate surface area is 211 Å². The predicted octanol–water partition coefficient (Wildman–Crippen LogP) is 4.89. The number of pyridine rings is 2. The Morgan fingerprint density at radius 1 is 1.03 bits per heavy atom. The fourth-order valence-corrected chi connectivity index (χ4v) is 3.60. The first-order valence-electron chi connectivity index (χ1n) is 11.9. The number of carbonyl (C=O) groups is 1. The molecule has 36 heavy (non-hydrogen) atoms. The Bertz CT molecular complexity index is 1230. The molecule has 0 aliphatic heterocycles. The molecule has 9 heteroatoms. The number of para-hydroxylation sites is 1. The zero-order valence-electron chi connectivity index (χ0n) is 20.8. The Morgan fingerprint density at radius 3 is 2.47 bits per heavy atom. The largest absolute Gasteiger partial charge is 0.444 e. The van der Waals surface area contributed by atoms with Crippen LogP contribution in [0.4, 0.5) is 10.5 Å². The summed E-state index contributed by atoms with van der Waals surface area (Å²) >= 11 is 0. The van der Waals surface area contributed by atoms with E-state index in [4.69, 9.17) is 9.72 Å². The molecule has 0 radical (unpaired) electrons. The van der Waals surface area contributed by atoms with Gasteiger partial charge in [-0.2, -0.15) is 5.10 Å².